The summed E-state index contributed by atoms with van der Waals surface area (Å²) in [6.07, 6.45) is 0. The Balaban J connectivity index is 1.89. The van der Waals surface area contributed by atoms with Crippen LogP contribution < -0.4 is 10.6 Å². The van der Waals surface area contributed by atoms with Gasteiger partial charge in [0.1, 0.15) is 6.04 Å². The molecule has 1 aliphatic rings. The quantitative estimate of drug-likeness (QED) is 0.666. The van der Waals surface area contributed by atoms with Crippen LogP contribution in [0.5, 0.6) is 0 Å². The van der Waals surface area contributed by atoms with Crippen LogP contribution in [0.25, 0.3) is 11.1 Å². The number of ether oxygens (including phenoxy) is 1. The monoisotopic (exact) mass is 332 g/mol. The Morgan fingerprint density at radius 3 is 2.82 bits per heavy atom. The lowest BCUT2D eigenvalue weighted by atomic mass is 10.0. The minimum absolute atomic E-state index is 0.151. The highest BCUT2D eigenvalue weighted by Gasteiger charge is 2.29. The van der Waals surface area contributed by atoms with Gasteiger partial charge in [-0.05, 0) is 46.9 Å². The molecule has 0 bridgehead atoms. The van der Waals surface area contributed by atoms with Crippen LogP contribution in [0.2, 0.25) is 0 Å². The molecule has 1 amide bonds. The van der Waals surface area contributed by atoms with Crippen molar-refractivity contribution >= 4 is 40.5 Å². The van der Waals surface area contributed by atoms with E-state index in [1.165, 1.54) is 18.4 Å². The third-order valence-corrected chi connectivity index (χ3v) is 4.51. The van der Waals surface area contributed by atoms with Gasteiger partial charge in [0.05, 0.1) is 12.7 Å². The molecule has 5 nitrogen and oxygen atoms in total. The zero-order valence-corrected chi connectivity index (χ0v) is 13.2. The molecule has 0 aliphatic carbocycles. The number of thiophene rings is 1. The minimum atomic E-state index is -0.449. The molecule has 1 atom stereocenters. The van der Waals surface area contributed by atoms with Gasteiger partial charge in [0.2, 0.25) is 0 Å². The van der Waals surface area contributed by atoms with Crippen LogP contribution in [0.1, 0.15) is 21.3 Å². The summed E-state index contributed by atoms with van der Waals surface area (Å²) in [5, 5.41) is 7.79. The van der Waals surface area contributed by atoms with E-state index in [2.05, 4.69) is 10.6 Å². The number of carbonyl (C=O) groups excluding carboxylic acids is 2. The van der Waals surface area contributed by atoms with E-state index in [1.54, 1.807) is 18.2 Å². The van der Waals surface area contributed by atoms with Crippen molar-refractivity contribution in [1.82, 2.24) is 10.6 Å². The molecule has 1 aromatic heterocycles. The van der Waals surface area contributed by atoms with Crippen molar-refractivity contribution < 1.29 is 14.3 Å². The molecule has 3 rings (SSSR count). The molecule has 0 radical (unpaired) electrons. The molecule has 1 saturated heterocycles. The molecule has 7 heteroatoms. The molecule has 1 aromatic carbocycles. The first-order valence-electron chi connectivity index (χ1n) is 6.47. The van der Waals surface area contributed by atoms with E-state index in [4.69, 9.17) is 17.0 Å². The number of rotatable bonds is 3. The topological polar surface area (TPSA) is 67.4 Å². The molecule has 1 unspecified atom stereocenters. The smallest absolute Gasteiger partial charge is 0.337 e. The number of esters is 1. The maximum absolute atomic E-state index is 11.8. The van der Waals surface area contributed by atoms with Crippen LogP contribution >= 0.6 is 23.6 Å². The highest BCUT2D eigenvalue weighted by molar-refractivity contribution is 7.80. The summed E-state index contributed by atoms with van der Waals surface area (Å²) < 4.78 is 4.73. The summed E-state index contributed by atoms with van der Waals surface area (Å²) in [5.74, 6) is -0.527. The Kier molecular flexibility index (Phi) is 3.91. The maximum atomic E-state index is 11.8. The van der Waals surface area contributed by atoms with Gasteiger partial charge < -0.3 is 15.4 Å². The van der Waals surface area contributed by atoms with E-state index >= 15 is 0 Å². The average Bonchev–Trinajstić information content (AvgIpc) is 3.13. The van der Waals surface area contributed by atoms with Crippen molar-refractivity contribution in [2.75, 3.05) is 7.11 Å². The second kappa shape index (κ2) is 5.86. The molecule has 112 valence electrons. The van der Waals surface area contributed by atoms with Crippen molar-refractivity contribution in [2.24, 2.45) is 0 Å². The number of methoxy groups -OCH3 is 1. The Bertz CT molecular complexity index is 770. The van der Waals surface area contributed by atoms with Crippen LogP contribution in [0.3, 0.4) is 0 Å². The zero-order valence-electron chi connectivity index (χ0n) is 11.6. The fourth-order valence-corrected chi connectivity index (χ4v) is 3.40. The van der Waals surface area contributed by atoms with Gasteiger partial charge in [-0.1, -0.05) is 12.1 Å². The molecule has 2 heterocycles. The highest BCUT2D eigenvalue weighted by atomic mass is 32.1. The SMILES string of the molecule is COC(=O)c1cccc(-c2csc(C3NC(=S)NC3=O)c2)c1. The predicted octanol–water partition coefficient (Wildman–Crippen LogP) is 2.25. The lowest BCUT2D eigenvalue weighted by Crippen LogP contribution is -2.21. The second-order valence-electron chi connectivity index (χ2n) is 4.71. The summed E-state index contributed by atoms with van der Waals surface area (Å²) in [7, 11) is 1.35. The Labute approximate surface area is 136 Å². The van der Waals surface area contributed by atoms with Crippen molar-refractivity contribution in [3.8, 4) is 11.1 Å². The van der Waals surface area contributed by atoms with Crippen LogP contribution in [-0.2, 0) is 9.53 Å². The molecule has 1 fully saturated rings. The molecule has 0 spiro atoms. The standard InChI is InChI=1S/C15H12N2O3S2/c1-20-14(19)9-4-2-3-8(5-9)10-6-11(22-7-10)12-13(18)17-15(21)16-12/h2-7,12H,1H3,(H2,16,17,18,21). The van der Waals surface area contributed by atoms with E-state index in [-0.39, 0.29) is 11.9 Å². The van der Waals surface area contributed by atoms with Gasteiger partial charge in [-0.15, -0.1) is 11.3 Å². The Morgan fingerprint density at radius 1 is 1.32 bits per heavy atom. The van der Waals surface area contributed by atoms with Gasteiger partial charge in [0.25, 0.3) is 5.91 Å². The first kappa shape index (κ1) is 14.7. The van der Waals surface area contributed by atoms with Crippen LogP contribution in [0.15, 0.2) is 35.7 Å². The number of hydrogen-bond donors (Lipinski definition) is 2. The summed E-state index contributed by atoms with van der Waals surface area (Å²) in [6.45, 7) is 0. The Morgan fingerprint density at radius 2 is 2.14 bits per heavy atom. The molecule has 0 saturated carbocycles. The summed E-state index contributed by atoms with van der Waals surface area (Å²) in [6, 6.07) is 8.65. The van der Waals surface area contributed by atoms with E-state index in [0.29, 0.717) is 10.7 Å². The fraction of sp³-hybridized carbons (Fsp3) is 0.133. The van der Waals surface area contributed by atoms with Crippen LogP contribution in [-0.4, -0.2) is 24.1 Å². The first-order chi connectivity index (χ1) is 10.6. The number of hydrogen-bond acceptors (Lipinski definition) is 5. The number of benzene rings is 1. The van der Waals surface area contributed by atoms with Crippen LogP contribution in [0.4, 0.5) is 0 Å². The van der Waals surface area contributed by atoms with Gasteiger partial charge in [-0.25, -0.2) is 4.79 Å². The van der Waals surface area contributed by atoms with Gasteiger partial charge in [0.15, 0.2) is 5.11 Å². The third kappa shape index (κ3) is 2.72. The van der Waals surface area contributed by atoms with Crippen LogP contribution in [0, 0.1) is 0 Å². The largest absolute Gasteiger partial charge is 0.465 e. The molecular weight excluding hydrogens is 320 g/mol. The summed E-state index contributed by atoms with van der Waals surface area (Å²) in [4.78, 5) is 24.3. The zero-order chi connectivity index (χ0) is 15.7. The van der Waals surface area contributed by atoms with Gasteiger partial charge in [-0.2, -0.15) is 0 Å². The molecular formula is C15H12N2O3S2. The number of amides is 1. The fourth-order valence-electron chi connectivity index (χ4n) is 2.22. The van der Waals surface area contributed by atoms with E-state index in [9.17, 15) is 9.59 Å². The average molecular weight is 332 g/mol. The number of nitrogens with one attached hydrogen (secondary N) is 2. The van der Waals surface area contributed by atoms with Gasteiger partial charge >= 0.3 is 5.97 Å². The molecule has 2 aromatic rings. The van der Waals surface area contributed by atoms with E-state index in [0.717, 1.165) is 16.0 Å². The molecule has 2 N–H and O–H groups in total. The number of carbonyl (C=O) groups is 2. The minimum Gasteiger partial charge on any atom is -0.465 e. The maximum Gasteiger partial charge on any atom is 0.337 e. The van der Waals surface area contributed by atoms with Crippen molar-refractivity contribution in [3.63, 3.8) is 0 Å². The van der Waals surface area contributed by atoms with Crippen molar-refractivity contribution in [2.45, 2.75) is 6.04 Å². The highest BCUT2D eigenvalue weighted by Crippen LogP contribution is 2.31. The second-order valence-corrected chi connectivity index (χ2v) is 6.06. The van der Waals surface area contributed by atoms with Crippen molar-refractivity contribution in [3.05, 3.63) is 46.2 Å². The third-order valence-electron chi connectivity index (χ3n) is 3.30. The molecule has 1 aliphatic heterocycles. The predicted molar refractivity (Wildman–Crippen MR) is 87.7 cm³/mol. The number of thiocarbonyl (C=S) groups is 1. The first-order valence-corrected chi connectivity index (χ1v) is 7.76. The molecule has 22 heavy (non-hydrogen) atoms. The summed E-state index contributed by atoms with van der Waals surface area (Å²) >= 11 is 6.41. The van der Waals surface area contributed by atoms with E-state index in [1.807, 2.05) is 17.5 Å². The lowest BCUT2D eigenvalue weighted by molar-refractivity contribution is -0.120. The van der Waals surface area contributed by atoms with Gasteiger partial charge in [-0.3, -0.25) is 4.79 Å². The summed E-state index contributed by atoms with van der Waals surface area (Å²) in [5.41, 5.74) is 2.33. The van der Waals surface area contributed by atoms with Crippen molar-refractivity contribution in [1.29, 1.82) is 0 Å². The Hall–Kier alpha value is -2.25. The lowest BCUT2D eigenvalue weighted by Gasteiger charge is -2.04. The van der Waals surface area contributed by atoms with Gasteiger partial charge in [0, 0.05) is 4.88 Å². The van der Waals surface area contributed by atoms with E-state index < -0.39 is 6.04 Å². The normalized spacial score (nSPS) is 17.0.